The van der Waals surface area contributed by atoms with Crippen LogP contribution in [0.3, 0.4) is 0 Å². The molecule has 1 amide bonds. The van der Waals surface area contributed by atoms with Crippen LogP contribution < -0.4 is 0 Å². The molecule has 0 saturated carbocycles. The molecule has 122 valence electrons. The first-order valence-corrected chi connectivity index (χ1v) is 9.09. The van der Waals surface area contributed by atoms with Gasteiger partial charge in [-0.15, -0.1) is 0 Å². The van der Waals surface area contributed by atoms with E-state index in [-0.39, 0.29) is 16.4 Å². The fourth-order valence-corrected chi connectivity index (χ4v) is 4.39. The third-order valence-electron chi connectivity index (χ3n) is 4.12. The number of nitrogens with zero attached hydrogens (tertiary/aromatic N) is 2. The minimum absolute atomic E-state index is 0.00503. The zero-order valence-electron chi connectivity index (χ0n) is 13.4. The van der Waals surface area contributed by atoms with Crippen LogP contribution in [-0.4, -0.2) is 48.8 Å². The lowest BCUT2D eigenvalue weighted by Crippen LogP contribution is -2.49. The molecule has 1 aromatic heterocycles. The van der Waals surface area contributed by atoms with Crippen molar-refractivity contribution in [1.82, 2.24) is 15.1 Å². The lowest BCUT2D eigenvalue weighted by Gasteiger charge is -2.33. The largest absolute Gasteiger partial charge is 0.335 e. The zero-order chi connectivity index (χ0) is 16.4. The normalized spacial score (nSPS) is 24.6. The van der Waals surface area contributed by atoms with Gasteiger partial charge >= 0.3 is 0 Å². The van der Waals surface area contributed by atoms with Gasteiger partial charge in [-0.05, 0) is 25.5 Å². The fourth-order valence-electron chi connectivity index (χ4n) is 2.94. The molecule has 3 rings (SSSR count). The molecule has 1 unspecified atom stereocenters. The van der Waals surface area contributed by atoms with Gasteiger partial charge in [0.1, 0.15) is 5.69 Å². The van der Waals surface area contributed by atoms with Crippen molar-refractivity contribution >= 4 is 16.7 Å². The van der Waals surface area contributed by atoms with E-state index in [9.17, 15) is 9.00 Å². The van der Waals surface area contributed by atoms with Crippen LogP contribution in [0.1, 0.15) is 35.6 Å². The van der Waals surface area contributed by atoms with Gasteiger partial charge in [-0.1, -0.05) is 30.3 Å². The van der Waals surface area contributed by atoms with Gasteiger partial charge in [0, 0.05) is 46.5 Å². The third kappa shape index (κ3) is 3.52. The average molecular weight is 331 g/mol. The molecule has 2 heterocycles. The van der Waals surface area contributed by atoms with Crippen LogP contribution >= 0.6 is 0 Å². The maximum atomic E-state index is 12.6. The number of aromatic nitrogens is 2. The number of amides is 1. The second kappa shape index (κ2) is 6.66. The quantitative estimate of drug-likeness (QED) is 0.935. The fraction of sp³-hybridized carbons (Fsp3) is 0.412. The van der Waals surface area contributed by atoms with Gasteiger partial charge in [0.25, 0.3) is 5.91 Å². The number of nitrogens with one attached hydrogen (secondary N) is 1. The summed E-state index contributed by atoms with van der Waals surface area (Å²) in [6.45, 7) is 4.90. The highest BCUT2D eigenvalue weighted by Gasteiger charge is 2.32. The van der Waals surface area contributed by atoms with Gasteiger partial charge in [-0.3, -0.25) is 14.1 Å². The van der Waals surface area contributed by atoms with Crippen LogP contribution in [0.15, 0.2) is 36.4 Å². The van der Waals surface area contributed by atoms with Crippen LogP contribution in [0, 0.1) is 0 Å². The van der Waals surface area contributed by atoms with Crippen LogP contribution in [0.2, 0.25) is 0 Å². The van der Waals surface area contributed by atoms with Gasteiger partial charge in [-0.25, -0.2) is 0 Å². The highest BCUT2D eigenvalue weighted by atomic mass is 32.2. The van der Waals surface area contributed by atoms with Gasteiger partial charge in [-0.2, -0.15) is 5.10 Å². The van der Waals surface area contributed by atoms with Crippen molar-refractivity contribution in [2.45, 2.75) is 30.8 Å². The van der Waals surface area contributed by atoms with Crippen molar-refractivity contribution in [2.24, 2.45) is 0 Å². The van der Waals surface area contributed by atoms with E-state index in [4.69, 9.17) is 0 Å². The monoisotopic (exact) mass is 331 g/mol. The minimum atomic E-state index is -0.867. The number of H-pyrrole nitrogens is 1. The predicted molar refractivity (Wildman–Crippen MR) is 90.8 cm³/mol. The van der Waals surface area contributed by atoms with Gasteiger partial charge in [0.05, 0.1) is 0 Å². The molecular formula is C17H21N3O2S. The summed E-state index contributed by atoms with van der Waals surface area (Å²) in [4.78, 5) is 14.4. The first-order chi connectivity index (χ1) is 11.0. The molecule has 1 aromatic carbocycles. The summed E-state index contributed by atoms with van der Waals surface area (Å²) in [6, 6.07) is 11.9. The van der Waals surface area contributed by atoms with E-state index in [1.165, 1.54) is 5.56 Å². The molecule has 3 atom stereocenters. The first-order valence-electron chi connectivity index (χ1n) is 7.81. The number of benzene rings is 1. The lowest BCUT2D eigenvalue weighted by molar-refractivity contribution is 0.0745. The molecule has 1 fully saturated rings. The summed E-state index contributed by atoms with van der Waals surface area (Å²) in [6.07, 6.45) is 0.720. The highest BCUT2D eigenvalue weighted by molar-refractivity contribution is 7.86. The lowest BCUT2D eigenvalue weighted by atomic mass is 10.1. The Balaban J connectivity index is 1.70. The maximum Gasteiger partial charge on any atom is 0.274 e. The molecule has 0 spiro atoms. The molecule has 6 heteroatoms. The number of hydrogen-bond acceptors (Lipinski definition) is 3. The number of carbonyl (C=O) groups excluding carboxylic acids is 1. The van der Waals surface area contributed by atoms with Gasteiger partial charge in [0.2, 0.25) is 0 Å². The Morgan fingerprint density at radius 3 is 2.57 bits per heavy atom. The highest BCUT2D eigenvalue weighted by Crippen LogP contribution is 2.17. The van der Waals surface area contributed by atoms with Crippen LogP contribution in [0.4, 0.5) is 0 Å². The minimum Gasteiger partial charge on any atom is -0.335 e. The van der Waals surface area contributed by atoms with E-state index in [0.29, 0.717) is 18.8 Å². The number of aromatic amines is 1. The van der Waals surface area contributed by atoms with Crippen LogP contribution in [0.25, 0.3) is 0 Å². The van der Waals surface area contributed by atoms with E-state index in [2.05, 4.69) is 10.2 Å². The second-order valence-corrected chi connectivity index (χ2v) is 8.37. The Labute approximate surface area is 138 Å². The van der Waals surface area contributed by atoms with Crippen molar-refractivity contribution < 1.29 is 9.00 Å². The van der Waals surface area contributed by atoms with E-state index in [1.807, 2.05) is 50.2 Å². The van der Waals surface area contributed by atoms with Crippen molar-refractivity contribution in [3.8, 4) is 0 Å². The molecule has 1 N–H and O–H groups in total. The van der Waals surface area contributed by atoms with E-state index >= 15 is 0 Å². The Morgan fingerprint density at radius 2 is 1.91 bits per heavy atom. The molecular weight excluding hydrogens is 310 g/mol. The van der Waals surface area contributed by atoms with Crippen molar-refractivity contribution in [3.05, 3.63) is 53.3 Å². The number of hydrogen-bond donors (Lipinski definition) is 1. The molecule has 0 aliphatic carbocycles. The average Bonchev–Trinajstić information content (AvgIpc) is 3.01. The van der Waals surface area contributed by atoms with Crippen molar-refractivity contribution in [3.63, 3.8) is 0 Å². The summed E-state index contributed by atoms with van der Waals surface area (Å²) in [5, 5.41) is 7.12. The molecule has 0 radical (unpaired) electrons. The van der Waals surface area contributed by atoms with E-state index < -0.39 is 10.8 Å². The Morgan fingerprint density at radius 1 is 1.26 bits per heavy atom. The molecule has 1 aliphatic rings. The summed E-state index contributed by atoms with van der Waals surface area (Å²) in [5.74, 6) is -0.0871. The van der Waals surface area contributed by atoms with Gasteiger partial charge in [0.15, 0.2) is 0 Å². The Hall–Kier alpha value is -1.95. The molecule has 23 heavy (non-hydrogen) atoms. The van der Waals surface area contributed by atoms with Crippen molar-refractivity contribution in [2.75, 3.05) is 13.1 Å². The van der Waals surface area contributed by atoms with Gasteiger partial charge < -0.3 is 4.90 Å². The molecule has 0 bridgehead atoms. The standard InChI is InChI=1S/C17H21N3O2S/c1-12-10-20(11-13(2)23(12)22)17(21)16-9-15(18-19-16)8-14-6-4-3-5-7-14/h3-7,9,12-13H,8,10-11H2,1-2H3,(H,18,19)/t12-,13+,23?. The molecule has 2 aromatic rings. The van der Waals surface area contributed by atoms with E-state index in [0.717, 1.165) is 12.1 Å². The zero-order valence-corrected chi connectivity index (χ0v) is 14.2. The second-order valence-electron chi connectivity index (χ2n) is 6.10. The maximum absolute atomic E-state index is 12.6. The predicted octanol–water partition coefficient (Wildman–Crippen LogP) is 1.98. The summed E-state index contributed by atoms with van der Waals surface area (Å²) in [7, 11) is -0.867. The number of rotatable bonds is 3. The van der Waals surface area contributed by atoms with Crippen molar-refractivity contribution in [1.29, 1.82) is 0 Å². The smallest absolute Gasteiger partial charge is 0.274 e. The molecule has 5 nitrogen and oxygen atoms in total. The SMILES string of the molecule is C[C@@H]1CN(C(=O)c2cc(Cc3ccccc3)[nH]n2)C[C@H](C)S1=O. The Kier molecular flexibility index (Phi) is 4.61. The van der Waals surface area contributed by atoms with E-state index in [1.54, 1.807) is 4.90 Å². The topological polar surface area (TPSA) is 66.1 Å². The number of carbonyl (C=O) groups is 1. The van der Waals surface area contributed by atoms with Crippen LogP contribution in [0.5, 0.6) is 0 Å². The summed E-state index contributed by atoms with van der Waals surface area (Å²) >= 11 is 0. The third-order valence-corrected chi connectivity index (χ3v) is 6.01. The Bertz CT molecular complexity index is 700. The molecule has 1 saturated heterocycles. The first kappa shape index (κ1) is 15.9. The van der Waals surface area contributed by atoms with Crippen LogP contribution in [-0.2, 0) is 17.2 Å². The summed E-state index contributed by atoms with van der Waals surface area (Å²) < 4.78 is 12.0. The summed E-state index contributed by atoms with van der Waals surface area (Å²) in [5.41, 5.74) is 2.52. The molecule has 1 aliphatic heterocycles.